The highest BCUT2D eigenvalue weighted by molar-refractivity contribution is 9.10. The van der Waals surface area contributed by atoms with Gasteiger partial charge in [0.1, 0.15) is 5.60 Å². The minimum atomic E-state index is -0.491. The summed E-state index contributed by atoms with van der Waals surface area (Å²) in [5, 5.41) is 9.08. The quantitative estimate of drug-likeness (QED) is 0.688. The summed E-state index contributed by atoms with van der Waals surface area (Å²) in [5.74, 6) is -0.381. The number of esters is 1. The Bertz CT molecular complexity index is 459. The van der Waals surface area contributed by atoms with Crippen molar-refractivity contribution in [3.05, 3.63) is 39.9 Å². The predicted molar refractivity (Wildman–Crippen MR) is 74.9 cm³/mol. The van der Waals surface area contributed by atoms with Crippen LogP contribution in [0.2, 0.25) is 0 Å². The molecule has 0 aliphatic carbocycles. The van der Waals surface area contributed by atoms with Crippen LogP contribution in [0, 0.1) is 0 Å². The number of aliphatic hydroxyl groups is 1. The molecule has 4 heteroatoms. The molecule has 0 heterocycles. The first-order valence-corrected chi connectivity index (χ1v) is 6.41. The Hall–Kier alpha value is -1.13. The largest absolute Gasteiger partial charge is 0.457 e. The van der Waals surface area contributed by atoms with Crippen LogP contribution in [0.3, 0.4) is 0 Å². The average molecular weight is 313 g/mol. The van der Waals surface area contributed by atoms with E-state index in [1.807, 2.05) is 39.0 Å². The summed E-state index contributed by atoms with van der Waals surface area (Å²) in [6.07, 6.45) is 3.05. The van der Waals surface area contributed by atoms with Gasteiger partial charge in [0.15, 0.2) is 0 Å². The highest BCUT2D eigenvalue weighted by Gasteiger charge is 2.13. The third kappa shape index (κ3) is 5.47. The zero-order valence-electron chi connectivity index (χ0n) is 10.7. The van der Waals surface area contributed by atoms with Crippen molar-refractivity contribution < 1.29 is 14.6 Å². The molecule has 0 radical (unpaired) electrons. The lowest BCUT2D eigenvalue weighted by molar-refractivity contribution is -0.148. The summed E-state index contributed by atoms with van der Waals surface area (Å²) in [6, 6.07) is 5.50. The zero-order valence-corrected chi connectivity index (χ0v) is 12.3. The summed E-state index contributed by atoms with van der Waals surface area (Å²) in [5.41, 5.74) is 1.13. The van der Waals surface area contributed by atoms with Gasteiger partial charge in [-0.3, -0.25) is 0 Å². The fraction of sp³-hybridized carbons (Fsp3) is 0.357. The lowest BCUT2D eigenvalue weighted by atomic mass is 10.1. The first kappa shape index (κ1) is 14.9. The molecule has 18 heavy (non-hydrogen) atoms. The predicted octanol–water partition coefficient (Wildman–Crippen LogP) is 3.30. The van der Waals surface area contributed by atoms with E-state index in [2.05, 4.69) is 15.9 Å². The van der Waals surface area contributed by atoms with Gasteiger partial charge in [0, 0.05) is 10.5 Å². The SMILES string of the molecule is CC(C)(C)OC(=O)C=Cc1cc(Br)cc(CO)c1. The van der Waals surface area contributed by atoms with Crippen molar-refractivity contribution >= 4 is 28.0 Å². The number of rotatable bonds is 3. The maximum Gasteiger partial charge on any atom is 0.331 e. The van der Waals surface area contributed by atoms with E-state index in [9.17, 15) is 4.79 Å². The molecular formula is C14H17BrO3. The van der Waals surface area contributed by atoms with Crippen LogP contribution < -0.4 is 0 Å². The van der Waals surface area contributed by atoms with E-state index in [4.69, 9.17) is 9.84 Å². The third-order valence-electron chi connectivity index (χ3n) is 1.98. The van der Waals surface area contributed by atoms with Gasteiger partial charge < -0.3 is 9.84 Å². The molecule has 1 N–H and O–H groups in total. The molecule has 0 amide bonds. The minimum Gasteiger partial charge on any atom is -0.457 e. The summed E-state index contributed by atoms with van der Waals surface area (Å²) in [4.78, 5) is 11.5. The number of ether oxygens (including phenoxy) is 1. The van der Waals surface area contributed by atoms with Crippen LogP contribution in [0.4, 0.5) is 0 Å². The van der Waals surface area contributed by atoms with E-state index >= 15 is 0 Å². The van der Waals surface area contributed by atoms with Gasteiger partial charge in [0.25, 0.3) is 0 Å². The van der Waals surface area contributed by atoms with Crippen molar-refractivity contribution in [3.63, 3.8) is 0 Å². The number of benzene rings is 1. The minimum absolute atomic E-state index is 0.0350. The highest BCUT2D eigenvalue weighted by atomic mass is 79.9. The number of halogens is 1. The second kappa shape index (κ2) is 6.16. The maximum absolute atomic E-state index is 11.5. The molecule has 98 valence electrons. The van der Waals surface area contributed by atoms with Gasteiger partial charge in [0.2, 0.25) is 0 Å². The lowest BCUT2D eigenvalue weighted by Gasteiger charge is -2.17. The van der Waals surface area contributed by atoms with Gasteiger partial charge in [-0.05, 0) is 56.2 Å². The number of carbonyl (C=O) groups excluding carboxylic acids is 1. The van der Waals surface area contributed by atoms with Gasteiger partial charge in [-0.25, -0.2) is 4.79 Å². The molecule has 0 aliphatic heterocycles. The standard InChI is InChI=1S/C14H17BrO3/c1-14(2,3)18-13(17)5-4-10-6-11(9-16)8-12(15)7-10/h4-8,16H,9H2,1-3H3. The smallest absolute Gasteiger partial charge is 0.331 e. The molecule has 0 saturated carbocycles. The van der Waals surface area contributed by atoms with Gasteiger partial charge in [0.05, 0.1) is 6.61 Å². The van der Waals surface area contributed by atoms with E-state index in [-0.39, 0.29) is 12.6 Å². The number of hydrogen-bond donors (Lipinski definition) is 1. The number of carbonyl (C=O) groups is 1. The van der Waals surface area contributed by atoms with Crippen LogP contribution in [0.15, 0.2) is 28.7 Å². The molecule has 0 aromatic heterocycles. The van der Waals surface area contributed by atoms with Crippen molar-refractivity contribution in [3.8, 4) is 0 Å². The van der Waals surface area contributed by atoms with Crippen LogP contribution in [0.25, 0.3) is 6.08 Å². The lowest BCUT2D eigenvalue weighted by Crippen LogP contribution is -2.22. The monoisotopic (exact) mass is 312 g/mol. The highest BCUT2D eigenvalue weighted by Crippen LogP contribution is 2.17. The Balaban J connectivity index is 2.78. The number of hydrogen-bond acceptors (Lipinski definition) is 3. The summed E-state index contributed by atoms with van der Waals surface area (Å²) >= 11 is 3.35. The van der Waals surface area contributed by atoms with Crippen molar-refractivity contribution in [1.82, 2.24) is 0 Å². The molecule has 0 saturated heterocycles. The fourth-order valence-corrected chi connectivity index (χ4v) is 1.92. The van der Waals surface area contributed by atoms with Gasteiger partial charge in [-0.15, -0.1) is 0 Å². The van der Waals surface area contributed by atoms with Crippen molar-refractivity contribution in [2.45, 2.75) is 33.0 Å². The molecule has 1 rings (SSSR count). The fourth-order valence-electron chi connectivity index (χ4n) is 1.36. The Morgan fingerprint density at radius 2 is 2.06 bits per heavy atom. The Kier molecular flexibility index (Phi) is 5.11. The number of aliphatic hydroxyl groups excluding tert-OH is 1. The summed E-state index contributed by atoms with van der Waals surface area (Å²) < 4.78 is 6.02. The van der Waals surface area contributed by atoms with Crippen LogP contribution in [0.5, 0.6) is 0 Å². The molecule has 0 aliphatic rings. The van der Waals surface area contributed by atoms with Crippen molar-refractivity contribution in [1.29, 1.82) is 0 Å². The molecule has 0 fully saturated rings. The molecule has 0 unspecified atom stereocenters. The van der Waals surface area contributed by atoms with E-state index in [1.54, 1.807) is 6.08 Å². The van der Waals surface area contributed by atoms with E-state index in [1.165, 1.54) is 6.08 Å². The Labute approximate surface area is 116 Å². The second-order valence-electron chi connectivity index (χ2n) is 4.92. The zero-order chi connectivity index (χ0) is 13.8. The topological polar surface area (TPSA) is 46.5 Å². The Morgan fingerprint density at radius 3 is 2.61 bits per heavy atom. The van der Waals surface area contributed by atoms with Crippen LogP contribution in [-0.4, -0.2) is 16.7 Å². The average Bonchev–Trinajstić information content (AvgIpc) is 2.23. The first-order valence-electron chi connectivity index (χ1n) is 5.61. The van der Waals surface area contributed by atoms with Crippen molar-refractivity contribution in [2.75, 3.05) is 0 Å². The van der Waals surface area contributed by atoms with Crippen molar-refractivity contribution in [2.24, 2.45) is 0 Å². The van der Waals surface area contributed by atoms with Gasteiger partial charge in [-0.2, -0.15) is 0 Å². The van der Waals surface area contributed by atoms with Crippen LogP contribution in [0.1, 0.15) is 31.9 Å². The van der Waals surface area contributed by atoms with E-state index < -0.39 is 5.60 Å². The van der Waals surface area contributed by atoms with E-state index in [0.717, 1.165) is 15.6 Å². The van der Waals surface area contributed by atoms with E-state index in [0.29, 0.717) is 0 Å². The molecule has 3 nitrogen and oxygen atoms in total. The summed E-state index contributed by atoms with van der Waals surface area (Å²) in [7, 11) is 0. The molecule has 0 bridgehead atoms. The normalized spacial score (nSPS) is 11.8. The third-order valence-corrected chi connectivity index (χ3v) is 2.44. The molecule has 1 aromatic rings. The van der Waals surface area contributed by atoms with Gasteiger partial charge >= 0.3 is 5.97 Å². The molecule has 0 atom stereocenters. The Morgan fingerprint density at radius 1 is 1.39 bits per heavy atom. The molecule has 1 aromatic carbocycles. The maximum atomic E-state index is 11.5. The van der Waals surface area contributed by atoms with Crippen LogP contribution >= 0.6 is 15.9 Å². The molecular weight excluding hydrogens is 296 g/mol. The molecule has 0 spiro atoms. The second-order valence-corrected chi connectivity index (χ2v) is 5.83. The van der Waals surface area contributed by atoms with Crippen LogP contribution in [-0.2, 0) is 16.1 Å². The van der Waals surface area contributed by atoms with Gasteiger partial charge in [-0.1, -0.05) is 15.9 Å². The summed E-state index contributed by atoms with van der Waals surface area (Å²) in [6.45, 7) is 5.43. The first-order chi connectivity index (χ1) is 8.30.